The first-order valence-corrected chi connectivity index (χ1v) is 9.59. The molecule has 0 aliphatic carbocycles. The number of primary amides is 1. The first kappa shape index (κ1) is 20.2. The number of carbonyl (C=O) groups excluding carboxylic acids is 2. The summed E-state index contributed by atoms with van der Waals surface area (Å²) in [4.78, 5) is 26.0. The van der Waals surface area contributed by atoms with E-state index in [4.69, 9.17) is 28.9 Å². The molecule has 1 aliphatic rings. The zero-order valence-corrected chi connectivity index (χ0v) is 16.5. The van der Waals surface area contributed by atoms with Gasteiger partial charge in [0.05, 0.1) is 15.3 Å². The summed E-state index contributed by atoms with van der Waals surface area (Å²) >= 11 is 13.0. The van der Waals surface area contributed by atoms with Crippen molar-refractivity contribution < 1.29 is 14.0 Å². The average Bonchev–Trinajstić information content (AvgIpc) is 2.95. The third kappa shape index (κ3) is 3.99. The van der Waals surface area contributed by atoms with Gasteiger partial charge in [-0.05, 0) is 48.4 Å². The molecule has 2 amide bonds. The van der Waals surface area contributed by atoms with Crippen molar-refractivity contribution in [1.29, 1.82) is 5.26 Å². The molecule has 0 radical (unpaired) electrons. The quantitative estimate of drug-likeness (QED) is 0.579. The van der Waals surface area contributed by atoms with Gasteiger partial charge in [0.2, 0.25) is 5.91 Å². The van der Waals surface area contributed by atoms with E-state index in [-0.39, 0.29) is 16.5 Å². The summed E-state index contributed by atoms with van der Waals surface area (Å²) in [7, 11) is 0. The molecule has 2 aromatic rings. The summed E-state index contributed by atoms with van der Waals surface area (Å²) < 4.78 is 13.3. The second-order valence-corrected chi connectivity index (χ2v) is 7.87. The second-order valence-electron chi connectivity index (χ2n) is 5.87. The van der Waals surface area contributed by atoms with Crippen LogP contribution in [0.25, 0.3) is 0 Å². The lowest BCUT2D eigenvalue weighted by atomic mass is 10.1. The molecule has 2 aromatic carbocycles. The second kappa shape index (κ2) is 8.23. The first-order valence-electron chi connectivity index (χ1n) is 7.96. The van der Waals surface area contributed by atoms with E-state index in [2.05, 4.69) is 0 Å². The molecule has 1 atom stereocenters. The van der Waals surface area contributed by atoms with Gasteiger partial charge in [0.25, 0.3) is 5.91 Å². The number of anilines is 1. The molecule has 1 aliphatic heterocycles. The van der Waals surface area contributed by atoms with Gasteiger partial charge in [-0.3, -0.25) is 14.5 Å². The lowest BCUT2D eigenvalue weighted by molar-refractivity contribution is -0.117. The SMILES string of the molecule is N#C/C(C(N)=O)=C1/S[C@@H](Cc2ccc(Cl)c(Cl)c2)C(=O)N1c1ccc(F)cc1. The summed E-state index contributed by atoms with van der Waals surface area (Å²) in [5, 5.41) is 9.59. The average molecular weight is 436 g/mol. The Kier molecular flexibility index (Phi) is 5.94. The molecule has 1 saturated heterocycles. The van der Waals surface area contributed by atoms with Crippen LogP contribution in [0.5, 0.6) is 0 Å². The number of benzene rings is 2. The standard InChI is InChI=1S/C19H12Cl2FN3O2S/c20-14-6-1-10(7-15(14)21)8-16-18(27)25(12-4-2-11(22)3-5-12)19(28-16)13(9-23)17(24)26/h1-7,16H,8H2,(H2,24,26)/b19-13-/t16-/m0/s1. The van der Waals surface area contributed by atoms with E-state index < -0.39 is 17.0 Å². The summed E-state index contributed by atoms with van der Waals surface area (Å²) in [6.07, 6.45) is 0.291. The molecule has 2 N–H and O–H groups in total. The summed E-state index contributed by atoms with van der Waals surface area (Å²) in [5.74, 6) is -1.77. The maximum atomic E-state index is 13.3. The van der Waals surface area contributed by atoms with Gasteiger partial charge in [-0.25, -0.2) is 4.39 Å². The zero-order chi connectivity index (χ0) is 20.4. The number of hydrogen-bond acceptors (Lipinski definition) is 4. The third-order valence-electron chi connectivity index (χ3n) is 4.01. The van der Waals surface area contributed by atoms with Crippen LogP contribution in [0.3, 0.4) is 0 Å². The number of nitrogens with zero attached hydrogens (tertiary/aromatic N) is 2. The van der Waals surface area contributed by atoms with Crippen molar-refractivity contribution in [3.63, 3.8) is 0 Å². The van der Waals surface area contributed by atoms with Gasteiger partial charge in [0, 0.05) is 5.69 Å². The fourth-order valence-corrected chi connectivity index (χ4v) is 4.34. The predicted octanol–water partition coefficient (Wildman–Crippen LogP) is 4.04. The van der Waals surface area contributed by atoms with Crippen molar-refractivity contribution >= 4 is 52.5 Å². The Labute approximate surface area is 174 Å². The van der Waals surface area contributed by atoms with E-state index >= 15 is 0 Å². The van der Waals surface area contributed by atoms with E-state index in [9.17, 15) is 19.2 Å². The molecule has 0 bridgehead atoms. The topological polar surface area (TPSA) is 87.2 Å². The molecular weight excluding hydrogens is 424 g/mol. The number of nitriles is 1. The van der Waals surface area contributed by atoms with Gasteiger partial charge in [-0.1, -0.05) is 41.0 Å². The first-order chi connectivity index (χ1) is 13.3. The van der Waals surface area contributed by atoms with Crippen LogP contribution in [-0.2, 0) is 16.0 Å². The van der Waals surface area contributed by atoms with Gasteiger partial charge in [0.15, 0.2) is 0 Å². The molecule has 0 saturated carbocycles. The Morgan fingerprint density at radius 3 is 2.46 bits per heavy atom. The van der Waals surface area contributed by atoms with Gasteiger partial charge in [-0.2, -0.15) is 5.26 Å². The van der Waals surface area contributed by atoms with Gasteiger partial charge in [-0.15, -0.1) is 0 Å². The van der Waals surface area contributed by atoms with Crippen LogP contribution in [0.2, 0.25) is 10.0 Å². The van der Waals surface area contributed by atoms with Crippen LogP contribution in [0.4, 0.5) is 10.1 Å². The van der Waals surface area contributed by atoms with Crippen LogP contribution in [0, 0.1) is 17.1 Å². The number of carbonyl (C=O) groups is 2. The zero-order valence-electron chi connectivity index (χ0n) is 14.2. The minimum absolute atomic E-state index is 0.122. The number of rotatable bonds is 4. The fourth-order valence-electron chi connectivity index (χ4n) is 2.71. The number of halogens is 3. The highest BCUT2D eigenvalue weighted by atomic mass is 35.5. The van der Waals surface area contributed by atoms with Crippen LogP contribution >= 0.6 is 35.0 Å². The Hall–Kier alpha value is -2.53. The molecule has 0 spiro atoms. The Morgan fingerprint density at radius 2 is 1.89 bits per heavy atom. The lowest BCUT2D eigenvalue weighted by Crippen LogP contribution is -2.31. The molecule has 0 unspecified atom stereocenters. The molecular formula is C19H12Cl2FN3O2S. The van der Waals surface area contributed by atoms with Gasteiger partial charge < -0.3 is 5.73 Å². The lowest BCUT2D eigenvalue weighted by Gasteiger charge is -2.18. The van der Waals surface area contributed by atoms with Crippen molar-refractivity contribution in [1.82, 2.24) is 0 Å². The Balaban J connectivity index is 2.02. The van der Waals surface area contributed by atoms with Crippen molar-refractivity contribution in [2.75, 3.05) is 4.90 Å². The highest BCUT2D eigenvalue weighted by Gasteiger charge is 2.40. The van der Waals surface area contributed by atoms with Crippen LogP contribution in [0.1, 0.15) is 5.56 Å². The van der Waals surface area contributed by atoms with Gasteiger partial charge in [0.1, 0.15) is 22.5 Å². The van der Waals surface area contributed by atoms with E-state index in [1.54, 1.807) is 24.3 Å². The molecule has 3 rings (SSSR count). The molecule has 0 aromatic heterocycles. The van der Waals surface area contributed by atoms with Crippen molar-refractivity contribution in [2.45, 2.75) is 11.7 Å². The molecule has 1 heterocycles. The molecule has 9 heteroatoms. The number of thioether (sulfide) groups is 1. The normalized spacial score (nSPS) is 18.1. The van der Waals surface area contributed by atoms with Crippen LogP contribution in [0.15, 0.2) is 53.1 Å². The van der Waals surface area contributed by atoms with Crippen LogP contribution < -0.4 is 10.6 Å². The molecule has 28 heavy (non-hydrogen) atoms. The summed E-state index contributed by atoms with van der Waals surface area (Å²) in [6.45, 7) is 0. The summed E-state index contributed by atoms with van der Waals surface area (Å²) in [6, 6.07) is 11.9. The van der Waals surface area contributed by atoms with Gasteiger partial charge >= 0.3 is 0 Å². The van der Waals surface area contributed by atoms with E-state index in [0.29, 0.717) is 22.2 Å². The number of nitrogens with two attached hydrogens (primary N) is 1. The predicted molar refractivity (Wildman–Crippen MR) is 107 cm³/mol. The largest absolute Gasteiger partial charge is 0.365 e. The minimum Gasteiger partial charge on any atom is -0.365 e. The van der Waals surface area contributed by atoms with Crippen molar-refractivity contribution in [2.24, 2.45) is 5.73 Å². The molecule has 1 fully saturated rings. The van der Waals surface area contributed by atoms with E-state index in [1.165, 1.54) is 29.2 Å². The monoisotopic (exact) mass is 435 g/mol. The minimum atomic E-state index is -0.944. The molecule has 142 valence electrons. The van der Waals surface area contributed by atoms with E-state index in [1.807, 2.05) is 0 Å². The van der Waals surface area contributed by atoms with Crippen LogP contribution in [-0.4, -0.2) is 17.1 Å². The van der Waals surface area contributed by atoms with E-state index in [0.717, 1.165) is 17.3 Å². The Bertz CT molecular complexity index is 1030. The fraction of sp³-hybridized carbons (Fsp3) is 0.105. The smallest absolute Gasteiger partial charge is 0.262 e. The molecule has 5 nitrogen and oxygen atoms in total. The third-order valence-corrected chi connectivity index (χ3v) is 6.02. The highest BCUT2D eigenvalue weighted by molar-refractivity contribution is 8.05. The highest BCUT2D eigenvalue weighted by Crippen LogP contribution is 2.42. The summed E-state index contributed by atoms with van der Waals surface area (Å²) in [5.41, 5.74) is 6.07. The van der Waals surface area contributed by atoms with Crippen molar-refractivity contribution in [3.05, 3.63) is 74.5 Å². The Morgan fingerprint density at radius 1 is 1.21 bits per heavy atom. The van der Waals surface area contributed by atoms with Crippen molar-refractivity contribution in [3.8, 4) is 6.07 Å². The number of amides is 2. The number of hydrogen-bond donors (Lipinski definition) is 1. The maximum absolute atomic E-state index is 13.3. The maximum Gasteiger partial charge on any atom is 0.262 e.